The molecular weight excluding hydrogens is 460 g/mol. The van der Waals surface area contributed by atoms with Crippen LogP contribution in [0.1, 0.15) is 6.92 Å². The summed E-state index contributed by atoms with van der Waals surface area (Å²) in [6.45, 7) is 1.22. The Morgan fingerprint density at radius 3 is 2.00 bits per heavy atom. The van der Waals surface area contributed by atoms with Crippen LogP contribution in [0.4, 0.5) is 35.1 Å². The zero-order valence-corrected chi connectivity index (χ0v) is 15.3. The molecule has 28 heavy (non-hydrogen) atoms. The molecule has 0 aliphatic heterocycles. The molecular formula is C10H11F8N2O6S2+. The maximum Gasteiger partial charge on any atom is 0.471 e. The number of hydrogen-bond acceptors (Lipinski definition) is 6. The van der Waals surface area contributed by atoms with E-state index < -0.39 is 49.3 Å². The average Bonchev–Trinajstić information content (AvgIpc) is 2.83. The summed E-state index contributed by atoms with van der Waals surface area (Å²) in [6.07, 6.45) is -11.0. The molecule has 1 aromatic heterocycles. The van der Waals surface area contributed by atoms with E-state index in [1.165, 1.54) is 6.92 Å². The van der Waals surface area contributed by atoms with Crippen LogP contribution in [0, 0.1) is 0 Å². The lowest BCUT2D eigenvalue weighted by Gasteiger charge is -2.26. The van der Waals surface area contributed by atoms with Crippen LogP contribution < -0.4 is 8.75 Å². The van der Waals surface area contributed by atoms with Gasteiger partial charge in [0.2, 0.25) is 0 Å². The average molecular weight is 471 g/mol. The first-order valence-corrected chi connectivity index (χ1v) is 9.57. The van der Waals surface area contributed by atoms with Crippen molar-refractivity contribution in [1.29, 1.82) is 0 Å². The molecule has 0 aliphatic carbocycles. The monoisotopic (exact) mass is 471 g/mol. The summed E-state index contributed by atoms with van der Waals surface area (Å²) in [4.78, 5) is 0. The van der Waals surface area contributed by atoms with Crippen molar-refractivity contribution in [3.63, 3.8) is 0 Å². The van der Waals surface area contributed by atoms with E-state index in [4.69, 9.17) is 0 Å². The Hall–Kier alpha value is -1.69. The summed E-state index contributed by atoms with van der Waals surface area (Å²) in [5.41, 5.74) is -5.16. The lowest BCUT2D eigenvalue weighted by Crippen LogP contribution is -2.55. The van der Waals surface area contributed by atoms with Crippen LogP contribution >= 0.6 is 0 Å². The second kappa shape index (κ2) is 7.29. The summed E-state index contributed by atoms with van der Waals surface area (Å²) in [7, 11) is -12.9. The molecule has 0 aliphatic rings. The Morgan fingerprint density at radius 1 is 1.11 bits per heavy atom. The van der Waals surface area contributed by atoms with E-state index in [1.54, 1.807) is 0 Å². The van der Waals surface area contributed by atoms with Gasteiger partial charge in [-0.3, -0.25) is 0 Å². The van der Waals surface area contributed by atoms with Crippen molar-refractivity contribution in [2.75, 3.05) is 0 Å². The highest BCUT2D eigenvalue weighted by atomic mass is 32.2. The van der Waals surface area contributed by atoms with Gasteiger partial charge in [-0.15, -0.1) is 0 Å². The highest BCUT2D eigenvalue weighted by Gasteiger charge is 2.73. The summed E-state index contributed by atoms with van der Waals surface area (Å²) in [6, 6.07) is -0.984. The lowest BCUT2D eigenvalue weighted by molar-refractivity contribution is -0.674. The number of imidazole rings is 1. The molecule has 0 spiro atoms. The minimum atomic E-state index is -7.11. The largest absolute Gasteiger partial charge is 0.471 e. The number of halogens is 8. The van der Waals surface area contributed by atoms with E-state index in [1.807, 2.05) is 0 Å². The molecule has 0 amide bonds. The van der Waals surface area contributed by atoms with E-state index in [0.717, 1.165) is 28.6 Å². The lowest BCUT2D eigenvalue weighted by atomic mass is 10.7. The summed E-state index contributed by atoms with van der Waals surface area (Å²) >= 11 is 0. The van der Waals surface area contributed by atoms with Crippen molar-refractivity contribution in [2.45, 2.75) is 36.5 Å². The van der Waals surface area contributed by atoms with Gasteiger partial charge in [-0.05, 0) is 6.92 Å². The second-order valence-electron chi connectivity index (χ2n) is 4.98. The Balaban J connectivity index is 3.50. The van der Waals surface area contributed by atoms with Crippen molar-refractivity contribution >= 4 is 20.2 Å². The fourth-order valence-electron chi connectivity index (χ4n) is 1.60. The first-order valence-electron chi connectivity index (χ1n) is 6.70. The van der Waals surface area contributed by atoms with Gasteiger partial charge in [-0.2, -0.15) is 56.7 Å². The standard InChI is InChI=1S/C10H11F8N2O6S2/c1-3-20-5-4-19(2)7(20)25-28(23,24)10(18,9(15,16)17)26-27(21,22)6(11)8(12,13)14/h4-6H,3H2,1-2H3/q+1. The van der Waals surface area contributed by atoms with Gasteiger partial charge in [-0.1, -0.05) is 0 Å². The quantitative estimate of drug-likeness (QED) is 0.339. The minimum Gasteiger partial charge on any atom is -0.304 e. The van der Waals surface area contributed by atoms with Crippen LogP contribution in [0.2, 0.25) is 0 Å². The highest BCUT2D eigenvalue weighted by molar-refractivity contribution is 7.90. The van der Waals surface area contributed by atoms with Crippen LogP contribution in [0.25, 0.3) is 0 Å². The summed E-state index contributed by atoms with van der Waals surface area (Å²) in [5.74, 6) is 0. The van der Waals surface area contributed by atoms with Crippen molar-refractivity contribution in [3.05, 3.63) is 12.4 Å². The van der Waals surface area contributed by atoms with Crippen molar-refractivity contribution in [3.8, 4) is 6.01 Å². The van der Waals surface area contributed by atoms with Crippen LogP contribution in [0.15, 0.2) is 12.4 Å². The van der Waals surface area contributed by atoms with Gasteiger partial charge in [0.05, 0.1) is 13.6 Å². The third kappa shape index (κ3) is 4.48. The Morgan fingerprint density at radius 2 is 1.61 bits per heavy atom. The maximum absolute atomic E-state index is 14.3. The van der Waals surface area contributed by atoms with E-state index in [0.29, 0.717) is 0 Å². The first-order chi connectivity index (χ1) is 12.3. The Labute approximate surface area is 152 Å². The zero-order chi connectivity index (χ0) is 22.3. The number of hydrogen-bond donors (Lipinski definition) is 0. The number of rotatable bonds is 7. The van der Waals surface area contributed by atoms with Crippen molar-refractivity contribution < 1.29 is 64.9 Å². The SMILES string of the molecule is CCn1cc[n+](C)c1OS(=O)(=O)C(F)(OS(=O)(=O)C(F)C(F)(F)F)C(F)(F)F. The van der Waals surface area contributed by atoms with E-state index >= 15 is 0 Å². The molecule has 8 nitrogen and oxygen atoms in total. The van der Waals surface area contributed by atoms with Gasteiger partial charge in [0, 0.05) is 0 Å². The van der Waals surface area contributed by atoms with Gasteiger partial charge in [0.25, 0.3) is 0 Å². The third-order valence-corrected chi connectivity index (χ3v) is 5.60. The van der Waals surface area contributed by atoms with E-state index in [2.05, 4.69) is 8.37 Å². The summed E-state index contributed by atoms with van der Waals surface area (Å²) in [5, 5.41) is -6.38. The molecule has 0 aromatic carbocycles. The smallest absolute Gasteiger partial charge is 0.304 e. The molecule has 1 rings (SSSR count). The third-order valence-electron chi connectivity index (χ3n) is 2.94. The van der Waals surface area contributed by atoms with Crippen LogP contribution in [0.5, 0.6) is 6.01 Å². The second-order valence-corrected chi connectivity index (χ2v) is 8.15. The number of alkyl halides is 8. The number of aromatic nitrogens is 2. The van der Waals surface area contributed by atoms with Gasteiger partial charge >= 0.3 is 49.3 Å². The van der Waals surface area contributed by atoms with Gasteiger partial charge in [-0.25, -0.2) is 8.57 Å². The molecule has 0 saturated heterocycles. The van der Waals surface area contributed by atoms with Crippen LogP contribution in [-0.2, 0) is 38.0 Å². The summed E-state index contributed by atoms with van der Waals surface area (Å²) < 4.78 is 156. The Kier molecular flexibility index (Phi) is 6.34. The predicted octanol–water partition coefficient (Wildman–Crippen LogP) is 1.43. The Bertz CT molecular complexity index is 923. The molecule has 18 heteroatoms. The number of aryl methyl sites for hydroxylation is 2. The molecule has 0 saturated carbocycles. The topological polar surface area (TPSA) is 95.5 Å². The number of nitrogens with zero attached hydrogens (tertiary/aromatic N) is 2. The molecule has 0 fully saturated rings. The van der Waals surface area contributed by atoms with E-state index in [-0.39, 0.29) is 6.54 Å². The van der Waals surface area contributed by atoms with Gasteiger partial charge in [0.15, 0.2) is 0 Å². The molecule has 2 unspecified atom stereocenters. The van der Waals surface area contributed by atoms with Crippen molar-refractivity contribution in [1.82, 2.24) is 4.57 Å². The molecule has 0 N–H and O–H groups in total. The maximum atomic E-state index is 14.3. The molecule has 0 bridgehead atoms. The van der Waals surface area contributed by atoms with Crippen LogP contribution in [-0.4, -0.2) is 44.4 Å². The minimum absolute atomic E-state index is 0.128. The van der Waals surface area contributed by atoms with Gasteiger partial charge in [0.1, 0.15) is 12.4 Å². The normalized spacial score (nSPS) is 17.2. The fourth-order valence-corrected chi connectivity index (χ4v) is 3.82. The van der Waals surface area contributed by atoms with Gasteiger partial charge < -0.3 is 4.18 Å². The van der Waals surface area contributed by atoms with Crippen molar-refractivity contribution in [2.24, 2.45) is 7.05 Å². The zero-order valence-electron chi connectivity index (χ0n) is 13.6. The molecule has 2 atom stereocenters. The molecule has 1 aromatic rings. The highest BCUT2D eigenvalue weighted by Crippen LogP contribution is 2.43. The fraction of sp³-hybridized carbons (Fsp3) is 0.700. The van der Waals surface area contributed by atoms with Crippen LogP contribution in [0.3, 0.4) is 0 Å². The predicted molar refractivity (Wildman–Crippen MR) is 71.7 cm³/mol. The molecule has 1 heterocycles. The molecule has 164 valence electrons. The molecule has 0 radical (unpaired) electrons. The van der Waals surface area contributed by atoms with E-state index in [9.17, 15) is 52.0 Å². The first kappa shape index (κ1) is 24.3.